The lowest BCUT2D eigenvalue weighted by Gasteiger charge is -2.21. The molecule has 122 valence electrons. The summed E-state index contributed by atoms with van der Waals surface area (Å²) in [5, 5.41) is -0.342. The maximum Gasteiger partial charge on any atom is 0.382 e. The molecule has 1 aromatic carbocycles. The Morgan fingerprint density at radius 1 is 1.23 bits per heavy atom. The summed E-state index contributed by atoms with van der Waals surface area (Å²) in [6.07, 6.45) is 0. The molecule has 0 aliphatic rings. The average Bonchev–Trinajstić information content (AvgIpc) is 2.37. The van der Waals surface area contributed by atoms with E-state index in [1.165, 1.54) is 13.0 Å². The van der Waals surface area contributed by atoms with Crippen LogP contribution in [0.15, 0.2) is 18.2 Å². The van der Waals surface area contributed by atoms with Gasteiger partial charge in [-0.1, -0.05) is 11.6 Å². The lowest BCUT2D eigenvalue weighted by atomic mass is 10.0. The van der Waals surface area contributed by atoms with Crippen molar-refractivity contribution in [2.75, 3.05) is 6.61 Å². The minimum absolute atomic E-state index is 0.127. The van der Waals surface area contributed by atoms with Crippen LogP contribution in [0.1, 0.15) is 43.6 Å². The molecule has 22 heavy (non-hydrogen) atoms. The van der Waals surface area contributed by atoms with Gasteiger partial charge in [-0.05, 0) is 45.9 Å². The molecule has 0 amide bonds. The Morgan fingerprint density at radius 2 is 1.82 bits per heavy atom. The third-order valence-electron chi connectivity index (χ3n) is 2.47. The van der Waals surface area contributed by atoms with Crippen molar-refractivity contribution in [3.63, 3.8) is 0 Å². The fraction of sp³-hybridized carbons (Fsp3) is 0.467. The highest BCUT2D eigenvalue weighted by Gasteiger charge is 2.44. The zero-order valence-electron chi connectivity index (χ0n) is 12.7. The van der Waals surface area contributed by atoms with E-state index in [9.17, 15) is 18.4 Å². The van der Waals surface area contributed by atoms with Crippen molar-refractivity contribution in [3.8, 4) is 0 Å². The lowest BCUT2D eigenvalue weighted by molar-refractivity contribution is -0.173. The first-order valence-corrected chi connectivity index (χ1v) is 6.95. The van der Waals surface area contributed by atoms with Gasteiger partial charge < -0.3 is 9.47 Å². The van der Waals surface area contributed by atoms with E-state index in [2.05, 4.69) is 4.74 Å². The summed E-state index contributed by atoms with van der Waals surface area (Å²) in [5.41, 5.74) is -1.70. The summed E-state index contributed by atoms with van der Waals surface area (Å²) in [4.78, 5) is 23.3. The molecule has 7 heteroatoms. The normalized spacial score (nSPS) is 12.0. The van der Waals surface area contributed by atoms with Crippen molar-refractivity contribution in [1.29, 1.82) is 0 Å². The predicted octanol–water partition coefficient (Wildman–Crippen LogP) is 3.95. The Bertz CT molecular complexity index is 579. The first kappa shape index (κ1) is 18.4. The summed E-state index contributed by atoms with van der Waals surface area (Å²) in [5.74, 6) is -6.46. The number of benzene rings is 1. The summed E-state index contributed by atoms with van der Waals surface area (Å²) in [7, 11) is 0. The van der Waals surface area contributed by atoms with E-state index in [0.29, 0.717) is 0 Å². The molecule has 0 N–H and O–H groups in total. The first-order chi connectivity index (χ1) is 9.99. The standard InChI is InChI=1S/C15H17ClF2O4/c1-5-21-13(20)15(17,18)10-8-9(6-7-11(10)16)12(19)22-14(2,3)4/h6-8H,5H2,1-4H3. The number of alkyl halides is 2. The predicted molar refractivity (Wildman–Crippen MR) is 77.1 cm³/mol. The second-order valence-electron chi connectivity index (χ2n) is 5.49. The second-order valence-corrected chi connectivity index (χ2v) is 5.90. The number of carbonyl (C=O) groups excluding carboxylic acids is 2. The van der Waals surface area contributed by atoms with Gasteiger partial charge in [0, 0.05) is 0 Å². The number of halogens is 3. The molecule has 0 atom stereocenters. The van der Waals surface area contributed by atoms with Gasteiger partial charge in [0.15, 0.2) is 0 Å². The molecule has 4 nitrogen and oxygen atoms in total. The molecule has 0 aliphatic carbocycles. The Labute approximate surface area is 132 Å². The van der Waals surface area contributed by atoms with E-state index in [0.717, 1.165) is 12.1 Å². The van der Waals surface area contributed by atoms with Crippen LogP contribution in [0.5, 0.6) is 0 Å². The Balaban J connectivity index is 3.20. The van der Waals surface area contributed by atoms with E-state index < -0.39 is 29.0 Å². The van der Waals surface area contributed by atoms with Gasteiger partial charge in [-0.25, -0.2) is 9.59 Å². The van der Waals surface area contributed by atoms with E-state index in [1.807, 2.05) is 0 Å². The van der Waals surface area contributed by atoms with Gasteiger partial charge in [-0.15, -0.1) is 0 Å². The molecular formula is C15H17ClF2O4. The lowest BCUT2D eigenvalue weighted by Crippen LogP contribution is -2.29. The summed E-state index contributed by atoms with van der Waals surface area (Å²) in [6.45, 7) is 6.16. The van der Waals surface area contributed by atoms with Crippen molar-refractivity contribution in [2.45, 2.75) is 39.2 Å². The maximum absolute atomic E-state index is 14.1. The number of esters is 2. The van der Waals surface area contributed by atoms with E-state index in [1.54, 1.807) is 20.8 Å². The number of hydrogen-bond donors (Lipinski definition) is 0. The molecule has 0 spiro atoms. The highest BCUT2D eigenvalue weighted by atomic mass is 35.5. The Morgan fingerprint density at radius 3 is 2.32 bits per heavy atom. The summed E-state index contributed by atoms with van der Waals surface area (Å²) < 4.78 is 37.6. The summed E-state index contributed by atoms with van der Waals surface area (Å²) >= 11 is 5.72. The first-order valence-electron chi connectivity index (χ1n) is 6.57. The van der Waals surface area contributed by atoms with Crippen LogP contribution in [0.4, 0.5) is 8.78 Å². The Kier molecular flexibility index (Phi) is 5.51. The maximum atomic E-state index is 14.1. The van der Waals surface area contributed by atoms with Gasteiger partial charge in [-0.3, -0.25) is 0 Å². The quantitative estimate of drug-likeness (QED) is 0.782. The van der Waals surface area contributed by atoms with Crippen molar-refractivity contribution in [3.05, 3.63) is 34.3 Å². The van der Waals surface area contributed by atoms with Gasteiger partial charge in [0.2, 0.25) is 0 Å². The molecule has 1 rings (SSSR count). The highest BCUT2D eigenvalue weighted by Crippen LogP contribution is 2.35. The molecule has 0 radical (unpaired) electrons. The molecule has 0 saturated heterocycles. The molecule has 0 saturated carbocycles. The zero-order chi connectivity index (χ0) is 17.1. The van der Waals surface area contributed by atoms with Crippen LogP contribution in [-0.2, 0) is 20.2 Å². The fourth-order valence-corrected chi connectivity index (χ4v) is 1.80. The SMILES string of the molecule is CCOC(=O)C(F)(F)c1cc(C(=O)OC(C)(C)C)ccc1Cl. The molecule has 0 bridgehead atoms. The fourth-order valence-electron chi connectivity index (χ4n) is 1.56. The van der Waals surface area contributed by atoms with Crippen molar-refractivity contribution in [1.82, 2.24) is 0 Å². The molecule has 0 fully saturated rings. The van der Waals surface area contributed by atoms with Gasteiger partial charge in [0.05, 0.1) is 22.8 Å². The van der Waals surface area contributed by atoms with Crippen LogP contribution in [0.3, 0.4) is 0 Å². The van der Waals surface area contributed by atoms with Crippen LogP contribution >= 0.6 is 11.6 Å². The van der Waals surface area contributed by atoms with Crippen LogP contribution in [0.25, 0.3) is 0 Å². The number of rotatable bonds is 4. The van der Waals surface area contributed by atoms with E-state index in [-0.39, 0.29) is 17.2 Å². The third-order valence-corrected chi connectivity index (χ3v) is 2.80. The average molecular weight is 335 g/mol. The van der Waals surface area contributed by atoms with Gasteiger partial charge >= 0.3 is 17.9 Å². The monoisotopic (exact) mass is 334 g/mol. The molecule has 0 aromatic heterocycles. The van der Waals surface area contributed by atoms with Crippen LogP contribution < -0.4 is 0 Å². The zero-order valence-corrected chi connectivity index (χ0v) is 13.5. The third kappa shape index (κ3) is 4.40. The number of hydrogen-bond acceptors (Lipinski definition) is 4. The van der Waals surface area contributed by atoms with Crippen molar-refractivity contribution >= 4 is 23.5 Å². The molecule has 0 unspecified atom stereocenters. The van der Waals surface area contributed by atoms with Gasteiger partial charge in [-0.2, -0.15) is 8.78 Å². The van der Waals surface area contributed by atoms with Crippen LogP contribution in [0.2, 0.25) is 5.02 Å². The van der Waals surface area contributed by atoms with Crippen LogP contribution in [-0.4, -0.2) is 24.1 Å². The second kappa shape index (κ2) is 6.60. The van der Waals surface area contributed by atoms with Gasteiger partial charge in [0.1, 0.15) is 5.60 Å². The van der Waals surface area contributed by atoms with E-state index in [4.69, 9.17) is 16.3 Å². The molecule has 1 aromatic rings. The van der Waals surface area contributed by atoms with Crippen molar-refractivity contribution in [2.24, 2.45) is 0 Å². The van der Waals surface area contributed by atoms with Crippen molar-refractivity contribution < 1.29 is 27.8 Å². The van der Waals surface area contributed by atoms with E-state index >= 15 is 0 Å². The van der Waals surface area contributed by atoms with Gasteiger partial charge in [0.25, 0.3) is 0 Å². The molecule has 0 heterocycles. The number of ether oxygens (including phenoxy) is 2. The highest BCUT2D eigenvalue weighted by molar-refractivity contribution is 6.31. The number of carbonyl (C=O) groups is 2. The Hall–Kier alpha value is -1.69. The molecule has 0 aliphatic heterocycles. The largest absolute Gasteiger partial charge is 0.461 e. The molecular weight excluding hydrogens is 318 g/mol. The topological polar surface area (TPSA) is 52.6 Å². The minimum Gasteiger partial charge on any atom is -0.461 e. The smallest absolute Gasteiger partial charge is 0.382 e. The summed E-state index contributed by atoms with van der Waals surface area (Å²) in [6, 6.07) is 3.21. The van der Waals surface area contributed by atoms with Crippen LogP contribution in [0, 0.1) is 0 Å². The minimum atomic E-state index is -3.95.